The van der Waals surface area contributed by atoms with E-state index in [0.29, 0.717) is 0 Å². The fourth-order valence-corrected chi connectivity index (χ4v) is 4.31. The van der Waals surface area contributed by atoms with Crippen molar-refractivity contribution in [3.8, 4) is 0 Å². The number of fused-ring (bicyclic) bond motifs is 1. The van der Waals surface area contributed by atoms with Crippen molar-refractivity contribution in [2.45, 2.75) is 59.0 Å². The topological polar surface area (TPSA) is 51.1 Å². The molecule has 0 fully saturated rings. The van der Waals surface area contributed by atoms with Crippen molar-refractivity contribution < 1.29 is 4.79 Å². The molecular formula is C19H24N2O2S. The Hall–Kier alpha value is -1.88. The summed E-state index contributed by atoms with van der Waals surface area (Å²) in [6.07, 6.45) is 4.13. The number of aryl methyl sites for hydroxylation is 3. The van der Waals surface area contributed by atoms with Gasteiger partial charge in [0, 0.05) is 10.6 Å². The predicted octanol–water partition coefficient (Wildman–Crippen LogP) is 3.28. The third-order valence-corrected chi connectivity index (χ3v) is 5.94. The molecule has 4 nitrogen and oxygen atoms in total. The average Bonchev–Trinajstić information content (AvgIpc) is 2.86. The highest BCUT2D eigenvalue weighted by Crippen LogP contribution is 2.23. The van der Waals surface area contributed by atoms with Gasteiger partial charge in [0.05, 0.1) is 6.04 Å². The number of nitrogens with one attached hydrogen (secondary N) is 1. The quantitative estimate of drug-likeness (QED) is 0.925. The SMILES string of the molecule is Cc1ccc([C@@H](C)NC(=O)Cn2c3c(sc2=O)CCCC3)cc1C. The Bertz CT molecular complexity index is 819. The molecule has 5 heteroatoms. The van der Waals surface area contributed by atoms with Crippen LogP contribution in [0.4, 0.5) is 0 Å². The Labute approximate surface area is 146 Å². The van der Waals surface area contributed by atoms with Crippen LogP contribution in [0.2, 0.25) is 0 Å². The fraction of sp³-hybridized carbons (Fsp3) is 0.474. The summed E-state index contributed by atoms with van der Waals surface area (Å²) in [6, 6.07) is 6.17. The van der Waals surface area contributed by atoms with E-state index in [4.69, 9.17) is 0 Å². The molecule has 0 saturated carbocycles. The molecule has 0 spiro atoms. The van der Waals surface area contributed by atoms with Gasteiger partial charge < -0.3 is 5.32 Å². The summed E-state index contributed by atoms with van der Waals surface area (Å²) >= 11 is 1.31. The summed E-state index contributed by atoms with van der Waals surface area (Å²) in [6.45, 7) is 6.26. The third kappa shape index (κ3) is 3.46. The number of rotatable bonds is 4. The molecule has 0 radical (unpaired) electrons. The van der Waals surface area contributed by atoms with Crippen LogP contribution in [0.25, 0.3) is 0 Å². The van der Waals surface area contributed by atoms with Crippen LogP contribution < -0.4 is 10.2 Å². The number of nitrogens with zero attached hydrogens (tertiary/aromatic N) is 1. The van der Waals surface area contributed by atoms with Gasteiger partial charge in [-0.2, -0.15) is 0 Å². The second-order valence-corrected chi connectivity index (χ2v) is 7.71. The Morgan fingerprint density at radius 2 is 2.00 bits per heavy atom. The summed E-state index contributed by atoms with van der Waals surface area (Å²) in [4.78, 5) is 25.8. The maximum absolute atomic E-state index is 12.4. The van der Waals surface area contributed by atoms with Crippen LogP contribution >= 0.6 is 11.3 Å². The van der Waals surface area contributed by atoms with E-state index in [2.05, 4.69) is 31.3 Å². The molecule has 0 saturated heterocycles. The van der Waals surface area contributed by atoms with Crippen molar-refractivity contribution in [3.63, 3.8) is 0 Å². The van der Waals surface area contributed by atoms with Gasteiger partial charge in [-0.1, -0.05) is 29.5 Å². The van der Waals surface area contributed by atoms with E-state index in [-0.39, 0.29) is 23.4 Å². The van der Waals surface area contributed by atoms with Crippen molar-refractivity contribution in [2.75, 3.05) is 0 Å². The van der Waals surface area contributed by atoms with Crippen molar-refractivity contribution >= 4 is 17.2 Å². The molecule has 2 aromatic rings. The Kier molecular flexibility index (Phi) is 4.90. The fourth-order valence-electron chi connectivity index (χ4n) is 3.24. The lowest BCUT2D eigenvalue weighted by atomic mass is 10.0. The number of hydrogen-bond acceptors (Lipinski definition) is 3. The second kappa shape index (κ2) is 6.93. The van der Waals surface area contributed by atoms with Crippen molar-refractivity contribution in [3.05, 3.63) is 55.1 Å². The number of thiazole rings is 1. The molecule has 1 aliphatic carbocycles. The van der Waals surface area contributed by atoms with Gasteiger partial charge in [-0.3, -0.25) is 14.2 Å². The van der Waals surface area contributed by atoms with E-state index in [1.165, 1.54) is 27.3 Å². The molecule has 1 aliphatic rings. The minimum Gasteiger partial charge on any atom is -0.348 e. The minimum absolute atomic E-state index is 0.00381. The highest BCUT2D eigenvalue weighted by Gasteiger charge is 2.20. The van der Waals surface area contributed by atoms with Gasteiger partial charge in [0.1, 0.15) is 6.54 Å². The minimum atomic E-state index is -0.103. The van der Waals surface area contributed by atoms with Crippen LogP contribution in [-0.2, 0) is 24.2 Å². The van der Waals surface area contributed by atoms with Crippen molar-refractivity contribution in [1.82, 2.24) is 9.88 Å². The van der Waals surface area contributed by atoms with Crippen LogP contribution in [-0.4, -0.2) is 10.5 Å². The first-order chi connectivity index (χ1) is 11.5. The number of hydrogen-bond donors (Lipinski definition) is 1. The van der Waals surface area contributed by atoms with Gasteiger partial charge in [0.25, 0.3) is 0 Å². The number of benzene rings is 1. The molecular weight excluding hydrogens is 320 g/mol. The lowest BCUT2D eigenvalue weighted by Gasteiger charge is -2.17. The largest absolute Gasteiger partial charge is 0.348 e. The van der Waals surface area contributed by atoms with Crippen LogP contribution in [0.3, 0.4) is 0 Å². The van der Waals surface area contributed by atoms with Gasteiger partial charge in [0.15, 0.2) is 0 Å². The van der Waals surface area contributed by atoms with Gasteiger partial charge in [-0.15, -0.1) is 0 Å². The normalized spacial score (nSPS) is 15.0. The number of amides is 1. The smallest absolute Gasteiger partial charge is 0.308 e. The summed E-state index contributed by atoms with van der Waals surface area (Å²) in [5.41, 5.74) is 4.63. The van der Waals surface area contributed by atoms with E-state index in [1.54, 1.807) is 4.57 Å². The standard InChI is InChI=1S/C19H24N2O2S/c1-12-8-9-15(10-13(12)2)14(3)20-18(22)11-21-16-6-4-5-7-17(16)24-19(21)23/h8-10,14H,4-7,11H2,1-3H3,(H,20,22)/t14-/m1/s1. The van der Waals surface area contributed by atoms with E-state index in [1.807, 2.05) is 13.0 Å². The summed E-state index contributed by atoms with van der Waals surface area (Å²) < 4.78 is 1.67. The molecule has 1 amide bonds. The molecule has 1 atom stereocenters. The summed E-state index contributed by atoms with van der Waals surface area (Å²) in [5.74, 6) is -0.103. The molecule has 1 N–H and O–H groups in total. The summed E-state index contributed by atoms with van der Waals surface area (Å²) in [5, 5.41) is 3.02. The first-order valence-corrected chi connectivity index (χ1v) is 9.35. The van der Waals surface area contributed by atoms with E-state index < -0.39 is 0 Å². The molecule has 1 aromatic heterocycles. The number of aromatic nitrogens is 1. The second-order valence-electron chi connectivity index (χ2n) is 6.66. The van der Waals surface area contributed by atoms with Gasteiger partial charge in [-0.25, -0.2) is 0 Å². The van der Waals surface area contributed by atoms with Crippen LogP contribution in [0.15, 0.2) is 23.0 Å². The molecule has 0 aliphatic heterocycles. The van der Waals surface area contributed by atoms with E-state index in [0.717, 1.165) is 36.9 Å². The maximum Gasteiger partial charge on any atom is 0.308 e. The molecule has 24 heavy (non-hydrogen) atoms. The zero-order valence-corrected chi connectivity index (χ0v) is 15.3. The van der Waals surface area contributed by atoms with Gasteiger partial charge in [-0.05, 0) is 63.1 Å². The van der Waals surface area contributed by atoms with Gasteiger partial charge in [0.2, 0.25) is 5.91 Å². The van der Waals surface area contributed by atoms with E-state index in [9.17, 15) is 9.59 Å². The van der Waals surface area contributed by atoms with Crippen LogP contribution in [0.5, 0.6) is 0 Å². The molecule has 0 bridgehead atoms. The summed E-state index contributed by atoms with van der Waals surface area (Å²) in [7, 11) is 0. The lowest BCUT2D eigenvalue weighted by molar-refractivity contribution is -0.122. The van der Waals surface area contributed by atoms with Crippen LogP contribution in [0.1, 0.15) is 53.1 Å². The van der Waals surface area contributed by atoms with Crippen molar-refractivity contribution in [2.24, 2.45) is 0 Å². The Morgan fingerprint density at radius 3 is 2.75 bits per heavy atom. The molecule has 3 rings (SSSR count). The zero-order valence-electron chi connectivity index (χ0n) is 14.5. The average molecular weight is 344 g/mol. The molecule has 1 aromatic carbocycles. The number of carbonyl (C=O) groups is 1. The Morgan fingerprint density at radius 1 is 1.25 bits per heavy atom. The van der Waals surface area contributed by atoms with Gasteiger partial charge >= 0.3 is 4.87 Å². The van der Waals surface area contributed by atoms with E-state index >= 15 is 0 Å². The predicted molar refractivity (Wildman–Crippen MR) is 97.7 cm³/mol. The first-order valence-electron chi connectivity index (χ1n) is 8.53. The van der Waals surface area contributed by atoms with Crippen molar-refractivity contribution in [1.29, 1.82) is 0 Å². The third-order valence-electron chi connectivity index (χ3n) is 4.86. The Balaban J connectivity index is 1.70. The maximum atomic E-state index is 12.4. The monoisotopic (exact) mass is 344 g/mol. The lowest BCUT2D eigenvalue weighted by Crippen LogP contribution is -2.33. The highest BCUT2D eigenvalue weighted by molar-refractivity contribution is 7.09. The van der Waals surface area contributed by atoms with Crippen LogP contribution in [0, 0.1) is 13.8 Å². The molecule has 128 valence electrons. The first kappa shape index (κ1) is 17.0. The number of carbonyl (C=O) groups excluding carboxylic acids is 1. The molecule has 1 heterocycles. The molecule has 0 unspecified atom stereocenters. The highest BCUT2D eigenvalue weighted by atomic mass is 32.1. The zero-order chi connectivity index (χ0) is 17.3.